The molecule has 0 spiro atoms. The summed E-state index contributed by atoms with van der Waals surface area (Å²) in [6, 6.07) is 0. The van der Waals surface area contributed by atoms with Crippen molar-refractivity contribution in [1.82, 2.24) is 4.98 Å². The number of alkyl halides is 1. The molecule has 7 heteroatoms. The van der Waals surface area contributed by atoms with Crippen molar-refractivity contribution in [2.75, 3.05) is 7.11 Å². The lowest BCUT2D eigenvalue weighted by Crippen LogP contribution is -2.43. The number of rotatable bonds is 3. The van der Waals surface area contributed by atoms with Crippen LogP contribution in [0.5, 0.6) is 0 Å². The summed E-state index contributed by atoms with van der Waals surface area (Å²) in [5.74, 6) is -4.00. The van der Waals surface area contributed by atoms with E-state index in [0.29, 0.717) is 0 Å². The molecule has 0 saturated carbocycles. The average molecular weight is 272 g/mol. The highest BCUT2D eigenvalue weighted by atomic mass is 32.1. The maximum absolute atomic E-state index is 15.1. The number of carbonyl (C=O) groups is 1. The van der Waals surface area contributed by atoms with Gasteiger partial charge in [0.15, 0.2) is 0 Å². The van der Waals surface area contributed by atoms with Gasteiger partial charge < -0.3 is 10.5 Å². The zero-order valence-corrected chi connectivity index (χ0v) is 10.2. The van der Waals surface area contributed by atoms with Crippen LogP contribution < -0.4 is 5.73 Å². The topological polar surface area (TPSA) is 65.2 Å². The standard InChI is InChI=1S/C11H10F2N2O2S/c1-17-7-3-2-6(12)8(9(14)16)11(7,13)10-15-4-5-18-10/h2-5,8H,1H3,(H2,14,16). The van der Waals surface area contributed by atoms with Gasteiger partial charge in [-0.1, -0.05) is 0 Å². The summed E-state index contributed by atoms with van der Waals surface area (Å²) < 4.78 is 33.7. The van der Waals surface area contributed by atoms with Crippen molar-refractivity contribution in [3.05, 3.63) is 40.3 Å². The third-order valence-electron chi connectivity index (χ3n) is 2.67. The molecule has 18 heavy (non-hydrogen) atoms. The maximum Gasteiger partial charge on any atom is 0.236 e. The van der Waals surface area contributed by atoms with Gasteiger partial charge in [-0.2, -0.15) is 0 Å². The lowest BCUT2D eigenvalue weighted by Gasteiger charge is -2.32. The lowest BCUT2D eigenvalue weighted by atomic mass is 9.82. The van der Waals surface area contributed by atoms with Gasteiger partial charge in [0, 0.05) is 11.6 Å². The molecular weight excluding hydrogens is 262 g/mol. The van der Waals surface area contributed by atoms with E-state index in [2.05, 4.69) is 4.98 Å². The number of hydrogen-bond donors (Lipinski definition) is 1. The van der Waals surface area contributed by atoms with E-state index in [4.69, 9.17) is 10.5 Å². The summed E-state index contributed by atoms with van der Waals surface area (Å²) >= 11 is 0.962. The van der Waals surface area contributed by atoms with Gasteiger partial charge in [0.05, 0.1) is 7.11 Å². The number of amides is 1. The number of primary amides is 1. The zero-order chi connectivity index (χ0) is 13.3. The molecule has 0 fully saturated rings. The first kappa shape index (κ1) is 12.7. The van der Waals surface area contributed by atoms with Crippen molar-refractivity contribution in [3.8, 4) is 0 Å². The van der Waals surface area contributed by atoms with Gasteiger partial charge in [-0.05, 0) is 12.2 Å². The van der Waals surface area contributed by atoms with Crippen LogP contribution in [0.25, 0.3) is 0 Å². The summed E-state index contributed by atoms with van der Waals surface area (Å²) in [6.07, 6.45) is 3.47. The van der Waals surface area contributed by atoms with E-state index < -0.39 is 23.3 Å². The number of halogens is 2. The molecule has 96 valence electrons. The van der Waals surface area contributed by atoms with Gasteiger partial charge in [0.2, 0.25) is 11.6 Å². The molecular formula is C11H10F2N2O2S. The number of nitrogens with zero attached hydrogens (tertiary/aromatic N) is 1. The van der Waals surface area contributed by atoms with Gasteiger partial charge in [0.1, 0.15) is 22.5 Å². The smallest absolute Gasteiger partial charge is 0.236 e. The largest absolute Gasteiger partial charge is 0.497 e. The molecule has 0 aliphatic heterocycles. The second-order valence-electron chi connectivity index (χ2n) is 3.67. The van der Waals surface area contributed by atoms with Crippen LogP contribution in [0.3, 0.4) is 0 Å². The van der Waals surface area contributed by atoms with Crippen LogP contribution in [0.4, 0.5) is 8.78 Å². The van der Waals surface area contributed by atoms with Crippen LogP contribution >= 0.6 is 11.3 Å². The molecule has 0 radical (unpaired) electrons. The van der Waals surface area contributed by atoms with Crippen molar-refractivity contribution >= 4 is 17.2 Å². The summed E-state index contributed by atoms with van der Waals surface area (Å²) in [4.78, 5) is 15.1. The quantitative estimate of drug-likeness (QED) is 0.912. The Morgan fingerprint density at radius 3 is 2.83 bits per heavy atom. The molecule has 2 rings (SSSR count). The molecule has 2 atom stereocenters. The molecule has 2 unspecified atom stereocenters. The number of carbonyl (C=O) groups excluding carboxylic acids is 1. The monoisotopic (exact) mass is 272 g/mol. The molecule has 1 amide bonds. The van der Waals surface area contributed by atoms with Crippen molar-refractivity contribution in [2.45, 2.75) is 5.67 Å². The predicted octanol–water partition coefficient (Wildman–Crippen LogP) is 1.81. The predicted molar refractivity (Wildman–Crippen MR) is 61.9 cm³/mol. The van der Waals surface area contributed by atoms with E-state index >= 15 is 4.39 Å². The van der Waals surface area contributed by atoms with Gasteiger partial charge in [-0.15, -0.1) is 11.3 Å². The second kappa shape index (κ2) is 4.49. The molecule has 2 N–H and O–H groups in total. The average Bonchev–Trinajstić information content (AvgIpc) is 2.82. The fourth-order valence-electron chi connectivity index (χ4n) is 1.89. The Kier molecular flexibility index (Phi) is 3.16. The SMILES string of the molecule is COC1=CC=C(F)C(C(N)=O)C1(F)c1nccs1. The first-order valence-electron chi connectivity index (χ1n) is 5.01. The second-order valence-corrected chi connectivity index (χ2v) is 4.57. The molecule has 0 saturated heterocycles. The van der Waals surface area contributed by atoms with Gasteiger partial charge in [-0.3, -0.25) is 4.79 Å². The maximum atomic E-state index is 15.1. The van der Waals surface area contributed by atoms with Crippen molar-refractivity contribution in [3.63, 3.8) is 0 Å². The Morgan fingerprint density at radius 2 is 2.33 bits per heavy atom. The first-order valence-corrected chi connectivity index (χ1v) is 5.89. The minimum Gasteiger partial charge on any atom is -0.497 e. The molecule has 0 bridgehead atoms. The van der Waals surface area contributed by atoms with E-state index in [1.165, 1.54) is 18.7 Å². The third-order valence-corrected chi connectivity index (χ3v) is 3.56. The van der Waals surface area contributed by atoms with Crippen LogP contribution in [0, 0.1) is 5.92 Å². The minimum absolute atomic E-state index is 0.0670. The van der Waals surface area contributed by atoms with Gasteiger partial charge in [0.25, 0.3) is 0 Å². The van der Waals surface area contributed by atoms with Crippen molar-refractivity contribution in [1.29, 1.82) is 0 Å². The number of nitrogens with two attached hydrogens (primary N) is 1. The van der Waals surface area contributed by atoms with Crippen molar-refractivity contribution < 1.29 is 18.3 Å². The summed E-state index contributed by atoms with van der Waals surface area (Å²) in [6.45, 7) is 0. The van der Waals surface area contributed by atoms with E-state index in [1.54, 1.807) is 0 Å². The summed E-state index contributed by atoms with van der Waals surface area (Å²) in [7, 11) is 1.24. The summed E-state index contributed by atoms with van der Waals surface area (Å²) in [5.41, 5.74) is 2.60. The molecule has 1 aromatic rings. The number of ether oxygens (including phenoxy) is 1. The Hall–Kier alpha value is -1.76. The van der Waals surface area contributed by atoms with Crippen LogP contribution in [0.1, 0.15) is 5.01 Å². The van der Waals surface area contributed by atoms with Crippen molar-refractivity contribution in [2.24, 2.45) is 11.7 Å². The highest BCUT2D eigenvalue weighted by Crippen LogP contribution is 2.47. The Balaban J connectivity index is 2.62. The van der Waals surface area contributed by atoms with Crippen LogP contribution in [0.2, 0.25) is 0 Å². The van der Waals surface area contributed by atoms with E-state index in [9.17, 15) is 9.18 Å². The molecule has 1 aliphatic rings. The zero-order valence-electron chi connectivity index (χ0n) is 9.39. The van der Waals surface area contributed by atoms with E-state index in [-0.39, 0.29) is 10.8 Å². The van der Waals surface area contributed by atoms with Gasteiger partial charge in [-0.25, -0.2) is 13.8 Å². The molecule has 1 aliphatic carbocycles. The molecule has 1 aromatic heterocycles. The lowest BCUT2D eigenvalue weighted by molar-refractivity contribution is -0.126. The molecule has 0 aromatic carbocycles. The first-order chi connectivity index (χ1) is 8.51. The normalized spacial score (nSPS) is 27.4. The third kappa shape index (κ3) is 1.71. The van der Waals surface area contributed by atoms with Crippen LogP contribution in [0.15, 0.2) is 35.3 Å². The number of thiazole rings is 1. The van der Waals surface area contributed by atoms with Gasteiger partial charge >= 0.3 is 0 Å². The number of hydrogen-bond acceptors (Lipinski definition) is 4. The van der Waals surface area contributed by atoms with Crippen LogP contribution in [-0.2, 0) is 15.2 Å². The van der Waals surface area contributed by atoms with Crippen LogP contribution in [-0.4, -0.2) is 18.0 Å². The fourth-order valence-corrected chi connectivity index (χ4v) is 2.65. The highest BCUT2D eigenvalue weighted by molar-refractivity contribution is 7.09. The minimum atomic E-state index is -2.49. The summed E-state index contributed by atoms with van der Waals surface area (Å²) in [5, 5.41) is 1.46. The highest BCUT2D eigenvalue weighted by Gasteiger charge is 2.54. The molecule has 1 heterocycles. The number of aromatic nitrogens is 1. The Morgan fingerprint density at radius 1 is 1.61 bits per heavy atom. The van der Waals surface area contributed by atoms with E-state index in [0.717, 1.165) is 23.5 Å². The fraction of sp³-hybridized carbons (Fsp3) is 0.273. The number of allylic oxidation sites excluding steroid dienone is 3. The Bertz CT molecular complexity index is 527. The Labute approximate surface area is 106 Å². The number of methoxy groups -OCH3 is 1. The molecule has 4 nitrogen and oxygen atoms in total. The van der Waals surface area contributed by atoms with E-state index in [1.807, 2.05) is 0 Å².